The molecule has 0 aliphatic carbocycles. The molecule has 1 aliphatic heterocycles. The van der Waals surface area contributed by atoms with Gasteiger partial charge in [0.25, 0.3) is 5.91 Å². The third kappa shape index (κ3) is 5.35. The zero-order valence-corrected chi connectivity index (χ0v) is 18.1. The summed E-state index contributed by atoms with van der Waals surface area (Å²) in [6.45, 7) is 8.37. The molecule has 0 radical (unpaired) electrons. The first-order valence-corrected chi connectivity index (χ1v) is 10.4. The maximum absolute atomic E-state index is 13.2. The molecule has 1 aliphatic rings. The van der Waals surface area contributed by atoms with Gasteiger partial charge in [-0.15, -0.1) is 0 Å². The first kappa shape index (κ1) is 22.6. The van der Waals surface area contributed by atoms with Crippen molar-refractivity contribution in [2.45, 2.75) is 51.4 Å². The smallest absolute Gasteiger partial charge is 0.349 e. The summed E-state index contributed by atoms with van der Waals surface area (Å²) in [6, 6.07) is 10.5. The van der Waals surface area contributed by atoms with Crippen molar-refractivity contribution in [1.29, 1.82) is 0 Å². The number of piperidine rings is 1. The molecule has 1 heterocycles. The number of nitrogens with one attached hydrogen (secondary N) is 1. The van der Waals surface area contributed by atoms with Gasteiger partial charge in [0.15, 0.2) is 0 Å². The molecule has 1 saturated heterocycles. The van der Waals surface area contributed by atoms with Crippen LogP contribution >= 0.6 is 11.6 Å². The molecule has 2 aromatic carbocycles. The summed E-state index contributed by atoms with van der Waals surface area (Å²) < 4.78 is 39.5. The maximum atomic E-state index is 13.2. The Kier molecular flexibility index (Phi) is 6.48. The fraction of sp³-hybridized carbons (Fsp3) is 0.435. The van der Waals surface area contributed by atoms with Gasteiger partial charge in [0, 0.05) is 30.2 Å². The van der Waals surface area contributed by atoms with Crippen LogP contribution in [0.2, 0.25) is 5.02 Å². The Balaban J connectivity index is 1.73. The van der Waals surface area contributed by atoms with Crippen molar-refractivity contribution in [3.8, 4) is 11.1 Å². The zero-order chi connectivity index (χ0) is 22.1. The van der Waals surface area contributed by atoms with Crippen molar-refractivity contribution >= 4 is 17.5 Å². The van der Waals surface area contributed by atoms with Crippen LogP contribution in [0.1, 0.15) is 49.5 Å². The fourth-order valence-electron chi connectivity index (χ4n) is 3.73. The minimum atomic E-state index is -4.54. The number of likely N-dealkylation sites (tertiary alicyclic amines) is 1. The number of benzene rings is 2. The molecule has 3 rings (SSSR count). The number of carbonyl (C=O) groups is 1. The van der Waals surface area contributed by atoms with Gasteiger partial charge in [0.05, 0.1) is 10.6 Å². The predicted molar refractivity (Wildman–Crippen MR) is 114 cm³/mol. The highest BCUT2D eigenvalue weighted by Crippen LogP contribution is 2.37. The Morgan fingerprint density at radius 2 is 1.67 bits per heavy atom. The molecule has 0 aromatic heterocycles. The van der Waals surface area contributed by atoms with E-state index in [1.807, 2.05) is 0 Å². The Hall–Kier alpha value is -2.05. The van der Waals surface area contributed by atoms with Crippen molar-refractivity contribution in [2.24, 2.45) is 0 Å². The number of rotatable bonds is 3. The molecule has 0 atom stereocenters. The molecule has 2 aromatic rings. The van der Waals surface area contributed by atoms with Crippen molar-refractivity contribution in [3.05, 3.63) is 58.6 Å². The minimum Gasteiger partial charge on any atom is -0.349 e. The number of hydrogen-bond acceptors (Lipinski definition) is 2. The van der Waals surface area contributed by atoms with Crippen LogP contribution in [0.5, 0.6) is 0 Å². The largest absolute Gasteiger partial charge is 0.417 e. The molecular formula is C23H26ClF3N2O. The van der Waals surface area contributed by atoms with Gasteiger partial charge in [0.1, 0.15) is 0 Å². The van der Waals surface area contributed by atoms with Gasteiger partial charge in [-0.2, -0.15) is 13.2 Å². The van der Waals surface area contributed by atoms with Crippen LogP contribution in [0, 0.1) is 0 Å². The van der Waals surface area contributed by atoms with Crippen molar-refractivity contribution in [2.75, 3.05) is 13.1 Å². The van der Waals surface area contributed by atoms with Gasteiger partial charge >= 0.3 is 6.18 Å². The molecule has 7 heteroatoms. The van der Waals surface area contributed by atoms with Crippen LogP contribution in [-0.4, -0.2) is 35.5 Å². The molecule has 30 heavy (non-hydrogen) atoms. The molecule has 0 saturated carbocycles. The Morgan fingerprint density at radius 3 is 2.27 bits per heavy atom. The summed E-state index contributed by atoms with van der Waals surface area (Å²) in [5.74, 6) is -0.212. The lowest BCUT2D eigenvalue weighted by molar-refractivity contribution is -0.137. The SMILES string of the molecule is CC(C)(C)N1CCC(NC(=O)c2cccc(-c3ccc(Cl)c(C(F)(F)F)c3)c2)CC1. The molecule has 0 unspecified atom stereocenters. The lowest BCUT2D eigenvalue weighted by Gasteiger charge is -2.41. The Bertz CT molecular complexity index is 913. The van der Waals surface area contributed by atoms with Gasteiger partial charge < -0.3 is 5.32 Å². The van der Waals surface area contributed by atoms with Crippen molar-refractivity contribution in [1.82, 2.24) is 10.2 Å². The zero-order valence-electron chi connectivity index (χ0n) is 17.3. The van der Waals surface area contributed by atoms with Gasteiger partial charge in [-0.3, -0.25) is 9.69 Å². The van der Waals surface area contributed by atoms with Crippen LogP contribution < -0.4 is 5.32 Å². The molecule has 1 amide bonds. The average molecular weight is 439 g/mol. The van der Waals surface area contributed by atoms with Crippen LogP contribution in [0.3, 0.4) is 0 Å². The summed E-state index contributed by atoms with van der Waals surface area (Å²) in [5, 5.41) is 2.72. The summed E-state index contributed by atoms with van der Waals surface area (Å²) in [4.78, 5) is 15.1. The number of halogens is 4. The molecule has 3 nitrogen and oxygen atoms in total. The molecule has 0 bridgehead atoms. The third-order valence-electron chi connectivity index (χ3n) is 5.51. The normalized spacial score (nSPS) is 16.5. The number of alkyl halides is 3. The van der Waals surface area contributed by atoms with Crippen LogP contribution in [-0.2, 0) is 6.18 Å². The molecule has 1 fully saturated rings. The van der Waals surface area contributed by atoms with Gasteiger partial charge in [0.2, 0.25) is 0 Å². The van der Waals surface area contributed by atoms with E-state index in [-0.39, 0.29) is 22.5 Å². The molecule has 162 valence electrons. The Morgan fingerprint density at radius 1 is 1.03 bits per heavy atom. The van der Waals surface area contributed by atoms with Crippen molar-refractivity contribution < 1.29 is 18.0 Å². The summed E-state index contributed by atoms with van der Waals surface area (Å²) >= 11 is 5.71. The van der Waals surface area contributed by atoms with Gasteiger partial charge in [-0.05, 0) is 69.0 Å². The minimum absolute atomic E-state index is 0.0899. The van der Waals surface area contributed by atoms with E-state index in [0.29, 0.717) is 16.7 Å². The second kappa shape index (κ2) is 8.60. The number of hydrogen-bond donors (Lipinski definition) is 1. The summed E-state index contributed by atoms with van der Waals surface area (Å²) in [7, 11) is 0. The highest BCUT2D eigenvalue weighted by Gasteiger charge is 2.33. The number of carbonyl (C=O) groups excluding carboxylic acids is 1. The second-order valence-corrected chi connectivity index (χ2v) is 9.09. The van der Waals surface area contributed by atoms with E-state index in [9.17, 15) is 18.0 Å². The van der Waals surface area contributed by atoms with E-state index in [4.69, 9.17) is 11.6 Å². The summed E-state index contributed by atoms with van der Waals surface area (Å²) in [5.41, 5.74) is 0.542. The van der Waals surface area contributed by atoms with Crippen LogP contribution in [0.15, 0.2) is 42.5 Å². The quantitative estimate of drug-likeness (QED) is 0.635. The standard InChI is InChI=1S/C23H26ClF3N2O/c1-22(2,3)29-11-9-18(10-12-29)28-21(30)17-6-4-5-15(13-17)16-7-8-20(24)19(14-16)23(25,26)27/h4-8,13-14,18H,9-12H2,1-3H3,(H,28,30). The predicted octanol–water partition coefficient (Wildman–Crippen LogP) is 6.02. The summed E-state index contributed by atoms with van der Waals surface area (Å²) in [6.07, 6.45) is -2.80. The lowest BCUT2D eigenvalue weighted by Crippen LogP contribution is -2.50. The fourth-order valence-corrected chi connectivity index (χ4v) is 3.95. The van der Waals surface area contributed by atoms with E-state index in [2.05, 4.69) is 31.0 Å². The Labute approximate surface area is 180 Å². The molecule has 1 N–H and O–H groups in total. The van der Waals surface area contributed by atoms with Crippen LogP contribution in [0.25, 0.3) is 11.1 Å². The lowest BCUT2D eigenvalue weighted by atomic mass is 9.97. The van der Waals surface area contributed by atoms with E-state index < -0.39 is 11.7 Å². The number of amides is 1. The topological polar surface area (TPSA) is 32.3 Å². The number of nitrogens with zero attached hydrogens (tertiary/aromatic N) is 1. The van der Waals surface area contributed by atoms with E-state index in [0.717, 1.165) is 32.0 Å². The molecule has 0 spiro atoms. The van der Waals surface area contributed by atoms with Crippen LogP contribution in [0.4, 0.5) is 13.2 Å². The van der Waals surface area contributed by atoms with E-state index in [1.54, 1.807) is 24.3 Å². The molecular weight excluding hydrogens is 413 g/mol. The van der Waals surface area contributed by atoms with Gasteiger partial charge in [-0.1, -0.05) is 29.8 Å². The van der Waals surface area contributed by atoms with Crippen molar-refractivity contribution in [3.63, 3.8) is 0 Å². The second-order valence-electron chi connectivity index (χ2n) is 8.68. The maximum Gasteiger partial charge on any atom is 0.417 e. The monoisotopic (exact) mass is 438 g/mol. The van der Waals surface area contributed by atoms with E-state index >= 15 is 0 Å². The third-order valence-corrected chi connectivity index (χ3v) is 5.84. The average Bonchev–Trinajstić information content (AvgIpc) is 2.67. The highest BCUT2D eigenvalue weighted by molar-refractivity contribution is 6.31. The van der Waals surface area contributed by atoms with Gasteiger partial charge in [-0.25, -0.2) is 0 Å². The first-order valence-electron chi connectivity index (χ1n) is 9.98. The first-order chi connectivity index (χ1) is 13.9. The highest BCUT2D eigenvalue weighted by atomic mass is 35.5. The van der Waals surface area contributed by atoms with E-state index in [1.165, 1.54) is 12.1 Å².